The van der Waals surface area contributed by atoms with E-state index >= 15 is 0 Å². The molecule has 1 amide bonds. The first-order valence-electron chi connectivity index (χ1n) is 10.9. The standard InChI is InChI=1S/C24H26N6O5/c1-6-34-21-9-17-16(8-20(21)33-5)24(27-12-26-17)35-15-7-19(32-4)18(25-11-15)10-22(31)28-23-13(2)14(3)29-30-23/h7-9,11-12H,6,10H2,1-5H3,(H2,28,29,30,31). The second-order valence-corrected chi connectivity index (χ2v) is 7.60. The lowest BCUT2D eigenvalue weighted by Gasteiger charge is -2.13. The topological polar surface area (TPSA) is 133 Å². The van der Waals surface area contributed by atoms with E-state index in [0.29, 0.717) is 57.9 Å². The summed E-state index contributed by atoms with van der Waals surface area (Å²) >= 11 is 0. The molecule has 4 rings (SSSR count). The maximum Gasteiger partial charge on any atom is 0.231 e. The van der Waals surface area contributed by atoms with Gasteiger partial charge in [-0.25, -0.2) is 9.97 Å². The van der Waals surface area contributed by atoms with Gasteiger partial charge in [0.1, 0.15) is 12.1 Å². The second kappa shape index (κ2) is 10.2. The number of aromatic nitrogens is 5. The van der Waals surface area contributed by atoms with Crippen LogP contribution in [0, 0.1) is 13.8 Å². The minimum absolute atomic E-state index is 0.00262. The van der Waals surface area contributed by atoms with Gasteiger partial charge in [0.2, 0.25) is 11.8 Å². The number of anilines is 1. The third kappa shape index (κ3) is 5.08. The lowest BCUT2D eigenvalue weighted by Crippen LogP contribution is -2.16. The SMILES string of the molecule is CCOc1cc2ncnc(Oc3cnc(CC(=O)Nc4n[nH]c(C)c4C)c(OC)c3)c2cc1OC. The van der Waals surface area contributed by atoms with Crippen LogP contribution in [0.1, 0.15) is 23.9 Å². The minimum atomic E-state index is -0.266. The van der Waals surface area contributed by atoms with Crippen molar-refractivity contribution in [2.24, 2.45) is 0 Å². The molecule has 11 nitrogen and oxygen atoms in total. The number of benzene rings is 1. The molecule has 0 unspecified atom stereocenters. The van der Waals surface area contributed by atoms with Crippen molar-refractivity contribution >= 4 is 22.6 Å². The molecule has 0 bridgehead atoms. The Morgan fingerprint density at radius 3 is 2.51 bits per heavy atom. The second-order valence-electron chi connectivity index (χ2n) is 7.60. The van der Waals surface area contributed by atoms with E-state index in [1.54, 1.807) is 25.3 Å². The van der Waals surface area contributed by atoms with E-state index in [1.165, 1.54) is 19.6 Å². The van der Waals surface area contributed by atoms with E-state index in [9.17, 15) is 4.79 Å². The highest BCUT2D eigenvalue weighted by Crippen LogP contribution is 2.36. The summed E-state index contributed by atoms with van der Waals surface area (Å²) in [6.45, 7) is 6.15. The molecule has 3 heterocycles. The van der Waals surface area contributed by atoms with Crippen LogP contribution in [-0.4, -0.2) is 51.9 Å². The lowest BCUT2D eigenvalue weighted by molar-refractivity contribution is -0.115. The minimum Gasteiger partial charge on any atom is -0.495 e. The average molecular weight is 479 g/mol. The molecule has 11 heteroatoms. The van der Waals surface area contributed by atoms with Gasteiger partial charge in [0.25, 0.3) is 0 Å². The zero-order chi connectivity index (χ0) is 24.9. The highest BCUT2D eigenvalue weighted by Gasteiger charge is 2.17. The molecule has 0 aliphatic rings. The van der Waals surface area contributed by atoms with Gasteiger partial charge in [-0.05, 0) is 26.8 Å². The van der Waals surface area contributed by atoms with Crippen LogP contribution in [0.3, 0.4) is 0 Å². The Labute approximate surface area is 201 Å². The molecule has 0 saturated heterocycles. The highest BCUT2D eigenvalue weighted by molar-refractivity contribution is 5.92. The Morgan fingerprint density at radius 1 is 1.03 bits per heavy atom. The van der Waals surface area contributed by atoms with Crippen LogP contribution in [-0.2, 0) is 11.2 Å². The number of carbonyl (C=O) groups is 1. The van der Waals surface area contributed by atoms with Gasteiger partial charge in [0, 0.05) is 23.4 Å². The van der Waals surface area contributed by atoms with Gasteiger partial charge in [-0.1, -0.05) is 0 Å². The Bertz CT molecular complexity index is 1370. The van der Waals surface area contributed by atoms with Crippen molar-refractivity contribution in [3.8, 4) is 28.9 Å². The number of carbonyl (C=O) groups excluding carboxylic acids is 1. The maximum absolute atomic E-state index is 12.5. The summed E-state index contributed by atoms with van der Waals surface area (Å²) in [4.78, 5) is 25.5. The zero-order valence-corrected chi connectivity index (χ0v) is 20.1. The molecule has 0 saturated carbocycles. The molecule has 0 fully saturated rings. The van der Waals surface area contributed by atoms with Gasteiger partial charge >= 0.3 is 0 Å². The van der Waals surface area contributed by atoms with Crippen molar-refractivity contribution in [2.75, 3.05) is 26.1 Å². The number of fused-ring (bicyclic) bond motifs is 1. The number of nitrogens with one attached hydrogen (secondary N) is 2. The van der Waals surface area contributed by atoms with Crippen LogP contribution in [0.4, 0.5) is 5.82 Å². The monoisotopic (exact) mass is 478 g/mol. The molecule has 0 aliphatic carbocycles. The van der Waals surface area contributed by atoms with E-state index in [-0.39, 0.29) is 12.3 Å². The van der Waals surface area contributed by atoms with Gasteiger partial charge in [-0.15, -0.1) is 0 Å². The normalized spacial score (nSPS) is 10.8. The number of hydrogen-bond acceptors (Lipinski definition) is 9. The Kier molecular flexibility index (Phi) is 6.95. The van der Waals surface area contributed by atoms with Crippen LogP contribution < -0.4 is 24.3 Å². The Morgan fingerprint density at radius 2 is 1.83 bits per heavy atom. The number of amides is 1. The van der Waals surface area contributed by atoms with Crippen molar-refractivity contribution in [2.45, 2.75) is 27.2 Å². The van der Waals surface area contributed by atoms with Crippen LogP contribution >= 0.6 is 0 Å². The van der Waals surface area contributed by atoms with Crippen molar-refractivity contribution < 1.29 is 23.7 Å². The zero-order valence-electron chi connectivity index (χ0n) is 20.1. The summed E-state index contributed by atoms with van der Waals surface area (Å²) in [5.74, 6) is 2.45. The van der Waals surface area contributed by atoms with E-state index in [2.05, 4.69) is 30.5 Å². The lowest BCUT2D eigenvalue weighted by atomic mass is 10.2. The Balaban J connectivity index is 1.56. The Hall–Kier alpha value is -4.41. The number of aromatic amines is 1. The molecule has 182 valence electrons. The highest BCUT2D eigenvalue weighted by atomic mass is 16.5. The molecule has 3 aromatic heterocycles. The third-order valence-electron chi connectivity index (χ3n) is 5.36. The summed E-state index contributed by atoms with van der Waals surface area (Å²) in [7, 11) is 3.07. The van der Waals surface area contributed by atoms with Crippen LogP contribution in [0.5, 0.6) is 28.9 Å². The predicted molar refractivity (Wildman–Crippen MR) is 129 cm³/mol. The van der Waals surface area contributed by atoms with Crippen LogP contribution in [0.15, 0.2) is 30.7 Å². The number of hydrogen-bond donors (Lipinski definition) is 2. The molecule has 0 radical (unpaired) electrons. The van der Waals surface area contributed by atoms with Crippen LogP contribution in [0.2, 0.25) is 0 Å². The number of aryl methyl sites for hydroxylation is 1. The van der Waals surface area contributed by atoms with E-state index in [4.69, 9.17) is 18.9 Å². The maximum atomic E-state index is 12.5. The van der Waals surface area contributed by atoms with E-state index in [0.717, 1.165) is 11.3 Å². The van der Waals surface area contributed by atoms with Crippen molar-refractivity contribution in [1.82, 2.24) is 25.1 Å². The first-order chi connectivity index (χ1) is 16.9. The molecule has 0 spiro atoms. The fourth-order valence-corrected chi connectivity index (χ4v) is 3.42. The summed E-state index contributed by atoms with van der Waals surface area (Å²) in [6, 6.07) is 5.19. The largest absolute Gasteiger partial charge is 0.495 e. The molecule has 1 aromatic carbocycles. The first-order valence-corrected chi connectivity index (χ1v) is 10.9. The summed E-state index contributed by atoms with van der Waals surface area (Å²) in [5, 5.41) is 10.4. The number of methoxy groups -OCH3 is 2. The molecule has 0 atom stereocenters. The van der Waals surface area contributed by atoms with Crippen molar-refractivity contribution in [3.05, 3.63) is 47.7 Å². The molecule has 4 aromatic rings. The van der Waals surface area contributed by atoms with Crippen molar-refractivity contribution in [1.29, 1.82) is 0 Å². The molecule has 35 heavy (non-hydrogen) atoms. The van der Waals surface area contributed by atoms with Gasteiger partial charge in [0.05, 0.1) is 50.0 Å². The van der Waals surface area contributed by atoms with Gasteiger partial charge in [0.15, 0.2) is 23.1 Å². The third-order valence-corrected chi connectivity index (χ3v) is 5.36. The molecule has 2 N–H and O–H groups in total. The van der Waals surface area contributed by atoms with E-state index < -0.39 is 0 Å². The van der Waals surface area contributed by atoms with Crippen LogP contribution in [0.25, 0.3) is 10.9 Å². The van der Waals surface area contributed by atoms with Gasteiger partial charge in [-0.2, -0.15) is 5.10 Å². The predicted octanol–water partition coefficient (Wildman–Crippen LogP) is 3.75. The first kappa shape index (κ1) is 23.7. The van der Waals surface area contributed by atoms with Crippen molar-refractivity contribution in [3.63, 3.8) is 0 Å². The smallest absolute Gasteiger partial charge is 0.231 e. The molecule has 0 aliphatic heterocycles. The quantitative estimate of drug-likeness (QED) is 0.369. The summed E-state index contributed by atoms with van der Waals surface area (Å²) in [6.07, 6.45) is 2.92. The van der Waals surface area contributed by atoms with Gasteiger partial charge in [-0.3, -0.25) is 14.9 Å². The number of pyridine rings is 1. The molecular formula is C24H26N6O5. The summed E-state index contributed by atoms with van der Waals surface area (Å²) in [5.41, 5.74) is 2.86. The summed E-state index contributed by atoms with van der Waals surface area (Å²) < 4.78 is 22.5. The fraction of sp³-hybridized carbons (Fsp3) is 0.292. The molecular weight excluding hydrogens is 452 g/mol. The fourth-order valence-electron chi connectivity index (χ4n) is 3.42. The number of rotatable bonds is 9. The number of nitrogens with zero attached hydrogens (tertiary/aromatic N) is 4. The van der Waals surface area contributed by atoms with Gasteiger partial charge < -0.3 is 24.3 Å². The number of H-pyrrole nitrogens is 1. The average Bonchev–Trinajstić information content (AvgIpc) is 3.17. The number of ether oxygens (including phenoxy) is 4. The van der Waals surface area contributed by atoms with E-state index in [1.807, 2.05) is 20.8 Å².